The molecule has 0 unspecified atom stereocenters. The van der Waals surface area contributed by atoms with Crippen molar-refractivity contribution < 1.29 is 9.90 Å². The lowest BCUT2D eigenvalue weighted by molar-refractivity contribution is 0.0696. The van der Waals surface area contributed by atoms with Gasteiger partial charge in [0.2, 0.25) is 0 Å². The molecule has 3 nitrogen and oxygen atoms in total. The van der Waals surface area contributed by atoms with E-state index in [1.54, 1.807) is 12.1 Å². The van der Waals surface area contributed by atoms with E-state index in [-0.39, 0.29) is 18.0 Å². The van der Waals surface area contributed by atoms with Crippen molar-refractivity contribution in [2.75, 3.05) is 0 Å². The van der Waals surface area contributed by atoms with E-state index in [2.05, 4.69) is 4.98 Å². The standard InChI is InChI=1S/C9H9NO2.ClH/c11-9(12)7-3-4-8(10-5-7)6-1-2-6;/h3-6H,1-2H2,(H,11,12);1H. The number of carbonyl (C=O) groups is 1. The summed E-state index contributed by atoms with van der Waals surface area (Å²) in [6.45, 7) is 0. The van der Waals surface area contributed by atoms with Gasteiger partial charge < -0.3 is 5.11 Å². The predicted octanol–water partition coefficient (Wildman–Crippen LogP) is 2.08. The van der Waals surface area contributed by atoms with Crippen molar-refractivity contribution >= 4 is 18.4 Å². The molecule has 0 atom stereocenters. The zero-order valence-electron chi connectivity index (χ0n) is 6.93. The minimum Gasteiger partial charge on any atom is -0.478 e. The summed E-state index contributed by atoms with van der Waals surface area (Å²) < 4.78 is 0. The van der Waals surface area contributed by atoms with Gasteiger partial charge in [0.15, 0.2) is 0 Å². The van der Waals surface area contributed by atoms with Gasteiger partial charge in [-0.1, -0.05) is 0 Å². The average Bonchev–Trinajstić information content (AvgIpc) is 2.87. The highest BCUT2D eigenvalue weighted by atomic mass is 35.5. The van der Waals surface area contributed by atoms with Gasteiger partial charge in [0.05, 0.1) is 5.56 Å². The second-order valence-corrected chi connectivity index (χ2v) is 3.05. The van der Waals surface area contributed by atoms with Crippen LogP contribution in [0.25, 0.3) is 0 Å². The summed E-state index contributed by atoms with van der Waals surface area (Å²) in [4.78, 5) is 14.5. The smallest absolute Gasteiger partial charge is 0.337 e. The summed E-state index contributed by atoms with van der Waals surface area (Å²) in [7, 11) is 0. The van der Waals surface area contributed by atoms with Gasteiger partial charge >= 0.3 is 5.97 Å². The van der Waals surface area contributed by atoms with Crippen LogP contribution in [-0.2, 0) is 0 Å². The normalized spacial score (nSPS) is 14.8. The molecule has 1 heterocycles. The van der Waals surface area contributed by atoms with E-state index >= 15 is 0 Å². The van der Waals surface area contributed by atoms with E-state index in [0.29, 0.717) is 5.92 Å². The Kier molecular flexibility index (Phi) is 2.88. The molecule has 1 saturated carbocycles. The summed E-state index contributed by atoms with van der Waals surface area (Å²) in [5, 5.41) is 8.59. The van der Waals surface area contributed by atoms with Crippen molar-refractivity contribution in [2.24, 2.45) is 0 Å². The van der Waals surface area contributed by atoms with Crippen LogP contribution in [0.15, 0.2) is 18.3 Å². The molecule has 1 aliphatic rings. The maximum atomic E-state index is 10.5. The quantitative estimate of drug-likeness (QED) is 0.794. The van der Waals surface area contributed by atoms with E-state index in [9.17, 15) is 4.79 Å². The molecule has 70 valence electrons. The Morgan fingerprint density at radius 1 is 1.46 bits per heavy atom. The molecule has 0 aromatic carbocycles. The third kappa shape index (κ3) is 2.18. The molecule has 0 spiro atoms. The van der Waals surface area contributed by atoms with Gasteiger partial charge in [0.1, 0.15) is 0 Å². The molecule has 0 aliphatic heterocycles. The highest BCUT2D eigenvalue weighted by molar-refractivity contribution is 5.87. The Morgan fingerprint density at radius 3 is 2.54 bits per heavy atom. The summed E-state index contributed by atoms with van der Waals surface area (Å²) >= 11 is 0. The fourth-order valence-corrected chi connectivity index (χ4v) is 1.15. The highest BCUT2D eigenvalue weighted by Crippen LogP contribution is 2.38. The van der Waals surface area contributed by atoms with Crippen molar-refractivity contribution in [3.8, 4) is 0 Å². The Morgan fingerprint density at radius 2 is 2.15 bits per heavy atom. The van der Waals surface area contributed by atoms with Crippen molar-refractivity contribution in [3.63, 3.8) is 0 Å². The monoisotopic (exact) mass is 199 g/mol. The Balaban J connectivity index is 0.000000845. The lowest BCUT2D eigenvalue weighted by Crippen LogP contribution is -1.97. The SMILES string of the molecule is Cl.O=C(O)c1ccc(C2CC2)nc1. The van der Waals surface area contributed by atoms with Crippen LogP contribution in [0.2, 0.25) is 0 Å². The number of aromatic carboxylic acids is 1. The van der Waals surface area contributed by atoms with Gasteiger partial charge in [-0.15, -0.1) is 12.4 Å². The minimum atomic E-state index is -0.912. The van der Waals surface area contributed by atoms with E-state index in [0.717, 1.165) is 5.69 Å². The van der Waals surface area contributed by atoms with Gasteiger partial charge in [-0.25, -0.2) is 4.79 Å². The zero-order valence-corrected chi connectivity index (χ0v) is 7.75. The maximum Gasteiger partial charge on any atom is 0.337 e. The zero-order chi connectivity index (χ0) is 8.55. The molecule has 0 radical (unpaired) electrons. The molecule has 1 N–H and O–H groups in total. The molecule has 1 aromatic rings. The third-order valence-electron chi connectivity index (χ3n) is 2.03. The second-order valence-electron chi connectivity index (χ2n) is 3.05. The number of hydrogen-bond acceptors (Lipinski definition) is 2. The lowest BCUT2D eigenvalue weighted by Gasteiger charge is -1.96. The van der Waals surface area contributed by atoms with Crippen LogP contribution in [0, 0.1) is 0 Å². The van der Waals surface area contributed by atoms with Crippen molar-refractivity contribution in [2.45, 2.75) is 18.8 Å². The molecule has 4 heteroatoms. The molecule has 1 aromatic heterocycles. The van der Waals surface area contributed by atoms with Crippen LogP contribution in [-0.4, -0.2) is 16.1 Å². The van der Waals surface area contributed by atoms with Gasteiger partial charge in [-0.05, 0) is 25.0 Å². The molecule has 0 saturated heterocycles. The summed E-state index contributed by atoms with van der Waals surface area (Å²) in [5.74, 6) is -0.322. The van der Waals surface area contributed by atoms with E-state index in [1.165, 1.54) is 19.0 Å². The van der Waals surface area contributed by atoms with Crippen LogP contribution in [0.1, 0.15) is 34.8 Å². The number of aromatic nitrogens is 1. The number of halogens is 1. The number of nitrogens with zero attached hydrogens (tertiary/aromatic N) is 1. The molecule has 2 rings (SSSR count). The first-order valence-electron chi connectivity index (χ1n) is 3.96. The van der Waals surface area contributed by atoms with Crippen LogP contribution in [0.3, 0.4) is 0 Å². The highest BCUT2D eigenvalue weighted by Gasteiger charge is 2.24. The molecule has 1 aliphatic carbocycles. The summed E-state index contributed by atoms with van der Waals surface area (Å²) in [6, 6.07) is 3.42. The van der Waals surface area contributed by atoms with Crippen LogP contribution in [0.4, 0.5) is 0 Å². The van der Waals surface area contributed by atoms with Crippen molar-refractivity contribution in [1.29, 1.82) is 0 Å². The fraction of sp³-hybridized carbons (Fsp3) is 0.333. The molecule has 0 bridgehead atoms. The van der Waals surface area contributed by atoms with E-state index < -0.39 is 5.97 Å². The van der Waals surface area contributed by atoms with Gasteiger partial charge in [-0.3, -0.25) is 4.98 Å². The van der Waals surface area contributed by atoms with Crippen LogP contribution >= 0.6 is 12.4 Å². The predicted molar refractivity (Wildman–Crippen MR) is 50.4 cm³/mol. The first-order valence-corrected chi connectivity index (χ1v) is 3.96. The van der Waals surface area contributed by atoms with E-state index in [4.69, 9.17) is 5.11 Å². The van der Waals surface area contributed by atoms with Crippen molar-refractivity contribution in [1.82, 2.24) is 4.98 Å². The Labute approximate surface area is 82.2 Å². The number of carboxylic acids is 1. The first kappa shape index (κ1) is 9.99. The molecule has 0 amide bonds. The molecule has 13 heavy (non-hydrogen) atoms. The van der Waals surface area contributed by atoms with Crippen molar-refractivity contribution in [3.05, 3.63) is 29.6 Å². The largest absolute Gasteiger partial charge is 0.478 e. The van der Waals surface area contributed by atoms with Gasteiger partial charge in [0, 0.05) is 17.8 Å². The average molecular weight is 200 g/mol. The Bertz CT molecular complexity index is 306. The lowest BCUT2D eigenvalue weighted by atomic mass is 10.2. The Hall–Kier alpha value is -1.09. The first-order chi connectivity index (χ1) is 5.77. The van der Waals surface area contributed by atoms with E-state index in [1.807, 2.05) is 0 Å². The van der Waals surface area contributed by atoms with Gasteiger partial charge in [0.25, 0.3) is 0 Å². The minimum absolute atomic E-state index is 0. The number of pyridine rings is 1. The summed E-state index contributed by atoms with van der Waals surface area (Å²) in [6.07, 6.45) is 3.81. The molecular formula is C9H10ClNO2. The van der Waals surface area contributed by atoms with Crippen LogP contribution in [0.5, 0.6) is 0 Å². The van der Waals surface area contributed by atoms with Gasteiger partial charge in [-0.2, -0.15) is 0 Å². The second kappa shape index (κ2) is 3.75. The fourth-order valence-electron chi connectivity index (χ4n) is 1.15. The van der Waals surface area contributed by atoms with Crippen LogP contribution < -0.4 is 0 Å². The number of carboxylic acid groups (broad SMARTS) is 1. The third-order valence-corrected chi connectivity index (χ3v) is 2.03. The molecular weight excluding hydrogens is 190 g/mol. The maximum absolute atomic E-state index is 10.5. The number of hydrogen-bond donors (Lipinski definition) is 1. The summed E-state index contributed by atoms with van der Waals surface area (Å²) in [5.41, 5.74) is 1.29. The topological polar surface area (TPSA) is 50.2 Å². The number of rotatable bonds is 2. The molecule has 1 fully saturated rings.